The van der Waals surface area contributed by atoms with Crippen molar-refractivity contribution < 1.29 is 4.39 Å². The number of halogens is 2. The van der Waals surface area contributed by atoms with E-state index in [-0.39, 0.29) is 0 Å². The third-order valence-electron chi connectivity index (χ3n) is 0.154. The second-order valence-corrected chi connectivity index (χ2v) is 1.25. The molecule has 0 heterocycles. The van der Waals surface area contributed by atoms with E-state index in [1.165, 1.54) is 0 Å². The predicted octanol–water partition coefficient (Wildman–Crippen LogP) is 2.03. The summed E-state index contributed by atoms with van der Waals surface area (Å²) in [5.41, 5.74) is 0. The highest BCUT2D eigenvalue weighted by Crippen LogP contribution is 2.01. The third-order valence-corrected chi connectivity index (χ3v) is 0.478. The Balaban J connectivity index is 3.14. The molecule has 2 heteroatoms. The van der Waals surface area contributed by atoms with Gasteiger partial charge in [-0.3, -0.25) is 0 Å². The van der Waals surface area contributed by atoms with Gasteiger partial charge in [0.05, 0.1) is 0 Å². The highest BCUT2D eigenvalue weighted by molar-refractivity contribution is 9.11. The predicted molar refractivity (Wildman–Crippen MR) is 23.5 cm³/mol. The van der Waals surface area contributed by atoms with E-state index < -0.39 is 4.74 Å². The number of hydrogen-bond donors (Lipinski definition) is 0. The van der Waals surface area contributed by atoms with E-state index in [1.54, 1.807) is 0 Å². The third kappa shape index (κ3) is 4.15. The van der Waals surface area contributed by atoms with Crippen LogP contribution in [0.1, 0.15) is 0 Å². The maximum atomic E-state index is 11.1. The van der Waals surface area contributed by atoms with Crippen LogP contribution in [0.3, 0.4) is 0 Å². The molecule has 0 aromatic rings. The molecule has 0 saturated carbocycles. The van der Waals surface area contributed by atoms with Gasteiger partial charge in [-0.2, -0.15) is 4.39 Å². The molecular formula is C3H3BrF. The van der Waals surface area contributed by atoms with Crippen LogP contribution in [0, 0.1) is 6.92 Å². The Morgan fingerprint density at radius 2 is 2.20 bits per heavy atom. The average Bonchev–Trinajstić information content (AvgIpc) is 1.38. The van der Waals surface area contributed by atoms with Gasteiger partial charge in [-0.1, -0.05) is 0 Å². The fraction of sp³-hybridized carbons (Fsp3) is 0. The zero-order valence-electron chi connectivity index (χ0n) is 2.54. The van der Waals surface area contributed by atoms with Gasteiger partial charge in [0, 0.05) is 0 Å². The van der Waals surface area contributed by atoms with Crippen LogP contribution in [0.15, 0.2) is 10.8 Å². The van der Waals surface area contributed by atoms with Gasteiger partial charge in [0.25, 0.3) is 0 Å². The maximum Gasteiger partial charge on any atom is 0.161 e. The highest BCUT2D eigenvalue weighted by Gasteiger charge is 1.70. The molecule has 0 aliphatic heterocycles. The summed E-state index contributed by atoms with van der Waals surface area (Å²) in [6, 6.07) is 0. The summed E-state index contributed by atoms with van der Waals surface area (Å²) in [5, 5.41) is 0. The minimum atomic E-state index is -0.419. The monoisotopic (exact) mass is 137 g/mol. The van der Waals surface area contributed by atoms with Crippen LogP contribution >= 0.6 is 15.9 Å². The standard InChI is InChI=1S/C3H3BrF/c1-2-3(4)5/h2H,1H2/b3-2-. The molecule has 0 aliphatic rings. The molecule has 0 aromatic carbocycles. The maximum absolute atomic E-state index is 11.1. The minimum absolute atomic E-state index is 0.419. The summed E-state index contributed by atoms with van der Waals surface area (Å²) < 4.78 is 10.7. The molecule has 0 nitrogen and oxygen atoms in total. The van der Waals surface area contributed by atoms with E-state index in [0.717, 1.165) is 6.08 Å². The second-order valence-electron chi connectivity index (χ2n) is 0.494. The van der Waals surface area contributed by atoms with E-state index >= 15 is 0 Å². The first kappa shape index (κ1) is 5.15. The van der Waals surface area contributed by atoms with Gasteiger partial charge in [0.1, 0.15) is 0 Å². The van der Waals surface area contributed by atoms with Crippen molar-refractivity contribution in [3.63, 3.8) is 0 Å². The van der Waals surface area contributed by atoms with Crippen LogP contribution in [0.25, 0.3) is 0 Å². The quantitative estimate of drug-likeness (QED) is 0.480. The lowest BCUT2D eigenvalue weighted by molar-refractivity contribution is 0.705. The van der Waals surface area contributed by atoms with E-state index in [9.17, 15) is 4.39 Å². The molecule has 0 amide bonds. The lowest BCUT2D eigenvalue weighted by Crippen LogP contribution is -1.40. The summed E-state index contributed by atoms with van der Waals surface area (Å²) >= 11 is 2.51. The first-order chi connectivity index (χ1) is 2.27. The van der Waals surface area contributed by atoms with Crippen molar-refractivity contribution in [2.45, 2.75) is 0 Å². The molecule has 0 fully saturated rings. The molecule has 0 aromatic heterocycles. The van der Waals surface area contributed by atoms with Crippen molar-refractivity contribution in [2.75, 3.05) is 0 Å². The Kier molecular flexibility index (Phi) is 2.46. The lowest BCUT2D eigenvalue weighted by atomic mass is 10.8. The molecule has 1 radical (unpaired) electrons. The van der Waals surface area contributed by atoms with Gasteiger partial charge in [0.2, 0.25) is 0 Å². The van der Waals surface area contributed by atoms with Crippen LogP contribution in [-0.4, -0.2) is 0 Å². The molecule has 0 spiro atoms. The Morgan fingerprint density at radius 1 is 2.00 bits per heavy atom. The van der Waals surface area contributed by atoms with Crippen molar-refractivity contribution in [3.8, 4) is 0 Å². The Morgan fingerprint density at radius 3 is 2.20 bits per heavy atom. The number of allylic oxidation sites excluding steroid dienone is 1. The molecular weight excluding hydrogens is 135 g/mol. The smallest absolute Gasteiger partial charge is 0.161 e. The van der Waals surface area contributed by atoms with Gasteiger partial charge in [0.15, 0.2) is 4.74 Å². The largest absolute Gasteiger partial charge is 0.199 e. The molecule has 0 bridgehead atoms. The fourth-order valence-corrected chi connectivity index (χ4v) is 0. The van der Waals surface area contributed by atoms with Crippen molar-refractivity contribution in [1.29, 1.82) is 0 Å². The van der Waals surface area contributed by atoms with Gasteiger partial charge < -0.3 is 0 Å². The number of hydrogen-bond acceptors (Lipinski definition) is 0. The van der Waals surface area contributed by atoms with Gasteiger partial charge in [-0.05, 0) is 28.9 Å². The highest BCUT2D eigenvalue weighted by atomic mass is 79.9. The van der Waals surface area contributed by atoms with E-state index in [4.69, 9.17) is 0 Å². The van der Waals surface area contributed by atoms with E-state index in [0.29, 0.717) is 0 Å². The molecule has 0 atom stereocenters. The first-order valence-corrected chi connectivity index (χ1v) is 1.87. The van der Waals surface area contributed by atoms with Crippen molar-refractivity contribution in [2.24, 2.45) is 0 Å². The molecule has 0 saturated heterocycles. The van der Waals surface area contributed by atoms with Crippen LogP contribution in [0.5, 0.6) is 0 Å². The minimum Gasteiger partial charge on any atom is -0.199 e. The Bertz CT molecular complexity index is 44.9. The van der Waals surface area contributed by atoms with Gasteiger partial charge >= 0.3 is 0 Å². The van der Waals surface area contributed by atoms with Crippen LogP contribution in [-0.2, 0) is 0 Å². The van der Waals surface area contributed by atoms with Crippen LogP contribution in [0.2, 0.25) is 0 Å². The summed E-state index contributed by atoms with van der Waals surface area (Å²) in [4.78, 5) is 0. The normalized spacial score (nSPS) is 12.2. The Labute approximate surface area is 38.8 Å². The summed E-state index contributed by atoms with van der Waals surface area (Å²) in [6.07, 6.45) is 1.08. The lowest BCUT2D eigenvalue weighted by Gasteiger charge is -1.65. The zero-order valence-corrected chi connectivity index (χ0v) is 4.13. The van der Waals surface area contributed by atoms with Crippen molar-refractivity contribution in [3.05, 3.63) is 17.7 Å². The van der Waals surface area contributed by atoms with Crippen LogP contribution in [0.4, 0.5) is 4.39 Å². The van der Waals surface area contributed by atoms with E-state index in [1.807, 2.05) is 0 Å². The molecule has 0 rings (SSSR count). The average molecular weight is 138 g/mol. The van der Waals surface area contributed by atoms with Crippen molar-refractivity contribution >= 4 is 15.9 Å². The summed E-state index contributed by atoms with van der Waals surface area (Å²) in [5.74, 6) is 0. The van der Waals surface area contributed by atoms with Crippen LogP contribution < -0.4 is 0 Å². The van der Waals surface area contributed by atoms with Gasteiger partial charge in [-0.15, -0.1) is 0 Å². The summed E-state index contributed by atoms with van der Waals surface area (Å²) in [6.45, 7) is 3.10. The van der Waals surface area contributed by atoms with Crippen molar-refractivity contribution in [1.82, 2.24) is 0 Å². The van der Waals surface area contributed by atoms with Gasteiger partial charge in [-0.25, -0.2) is 0 Å². The molecule has 5 heavy (non-hydrogen) atoms. The molecule has 0 unspecified atom stereocenters. The fourth-order valence-electron chi connectivity index (χ4n) is 0. The molecule has 0 N–H and O–H groups in total. The first-order valence-electron chi connectivity index (χ1n) is 1.07. The Hall–Kier alpha value is 0.150. The number of rotatable bonds is 0. The topological polar surface area (TPSA) is 0 Å². The SMILES string of the molecule is [CH2]/C=C(\F)Br. The summed E-state index contributed by atoms with van der Waals surface area (Å²) in [7, 11) is 0. The molecule has 0 aliphatic carbocycles. The molecule has 29 valence electrons. The second kappa shape index (κ2) is 2.39. The zero-order chi connectivity index (χ0) is 4.28. The van der Waals surface area contributed by atoms with E-state index in [2.05, 4.69) is 22.9 Å².